The Morgan fingerprint density at radius 2 is 1.93 bits per heavy atom. The van der Waals surface area contributed by atoms with Crippen molar-refractivity contribution in [1.29, 1.82) is 0 Å². The molecule has 9 heteroatoms. The molecule has 152 valence electrons. The van der Waals surface area contributed by atoms with E-state index in [9.17, 15) is 14.0 Å². The van der Waals surface area contributed by atoms with Crippen molar-refractivity contribution in [2.24, 2.45) is 0 Å². The third kappa shape index (κ3) is 4.36. The van der Waals surface area contributed by atoms with E-state index >= 15 is 0 Å². The van der Waals surface area contributed by atoms with Crippen molar-refractivity contribution >= 4 is 33.8 Å². The Bertz CT molecular complexity index is 1220. The van der Waals surface area contributed by atoms with E-state index in [1.807, 2.05) is 24.4 Å². The molecule has 2 N–H and O–H groups in total. The lowest BCUT2D eigenvalue weighted by Gasteiger charge is -2.06. The molecule has 0 unspecified atom stereocenters. The molecule has 7 nitrogen and oxygen atoms in total. The molecular weight excluding hydrogens is 405 g/mol. The second-order valence-electron chi connectivity index (χ2n) is 6.69. The number of nitrogens with zero attached hydrogens (tertiary/aromatic N) is 3. The van der Waals surface area contributed by atoms with Gasteiger partial charge in [0.15, 0.2) is 5.82 Å². The molecule has 0 saturated heterocycles. The number of aromatic nitrogens is 3. The summed E-state index contributed by atoms with van der Waals surface area (Å²) in [5, 5.41) is 11.5. The van der Waals surface area contributed by atoms with Crippen LogP contribution in [-0.2, 0) is 16.0 Å². The minimum Gasteiger partial charge on any atom is -0.347 e. The van der Waals surface area contributed by atoms with Crippen LogP contribution in [0, 0.1) is 12.7 Å². The molecule has 0 spiro atoms. The molecule has 2 aromatic carbocycles. The predicted octanol–water partition coefficient (Wildman–Crippen LogP) is 3.20. The van der Waals surface area contributed by atoms with Crippen LogP contribution in [0.3, 0.4) is 0 Å². The molecule has 2 heterocycles. The van der Waals surface area contributed by atoms with E-state index in [-0.39, 0.29) is 12.4 Å². The number of rotatable bonds is 5. The van der Waals surface area contributed by atoms with Crippen LogP contribution in [0.1, 0.15) is 11.3 Å². The summed E-state index contributed by atoms with van der Waals surface area (Å²) in [7, 11) is 0. The van der Waals surface area contributed by atoms with Crippen molar-refractivity contribution in [2.45, 2.75) is 13.3 Å². The summed E-state index contributed by atoms with van der Waals surface area (Å²) < 4.78 is 15.1. The van der Waals surface area contributed by atoms with Crippen LogP contribution in [0.25, 0.3) is 16.3 Å². The lowest BCUT2D eigenvalue weighted by Crippen LogP contribution is -2.36. The first-order valence-corrected chi connectivity index (χ1v) is 10.1. The zero-order valence-corrected chi connectivity index (χ0v) is 16.9. The Balaban J connectivity index is 1.36. The molecule has 0 saturated carbocycles. The van der Waals surface area contributed by atoms with Crippen molar-refractivity contribution in [1.82, 2.24) is 19.9 Å². The summed E-state index contributed by atoms with van der Waals surface area (Å²) in [4.78, 5) is 29.1. The number of thiazole rings is 1. The van der Waals surface area contributed by atoms with Gasteiger partial charge in [0, 0.05) is 29.6 Å². The van der Waals surface area contributed by atoms with Crippen molar-refractivity contribution in [3.8, 4) is 11.4 Å². The quantitative estimate of drug-likeness (QED) is 0.483. The number of nitrogens with one attached hydrogen (secondary N) is 2. The molecule has 0 bridgehead atoms. The van der Waals surface area contributed by atoms with Gasteiger partial charge in [-0.25, -0.2) is 8.91 Å². The zero-order valence-electron chi connectivity index (χ0n) is 16.1. The maximum absolute atomic E-state index is 13.4. The second-order valence-corrected chi connectivity index (χ2v) is 7.53. The summed E-state index contributed by atoms with van der Waals surface area (Å²) in [5.74, 6) is -1.34. The van der Waals surface area contributed by atoms with E-state index in [4.69, 9.17) is 0 Å². The number of hydrogen-bond donors (Lipinski definition) is 2. The minimum absolute atomic E-state index is 0.265. The van der Waals surface area contributed by atoms with Gasteiger partial charge in [-0.2, -0.15) is 4.98 Å². The van der Waals surface area contributed by atoms with E-state index in [0.29, 0.717) is 28.5 Å². The second kappa shape index (κ2) is 8.42. The standard InChI is InChI=1S/C21H18FN5O2S/c1-13-5-7-16(8-6-13)24-20(29)19(28)23-10-9-17-12-30-21-25-18(26-27(17)21)14-3-2-4-15(22)11-14/h2-8,11-12H,9-10H2,1H3,(H,23,28)(H,24,29). The summed E-state index contributed by atoms with van der Waals surface area (Å²) in [6, 6.07) is 13.3. The normalized spacial score (nSPS) is 10.9. The largest absolute Gasteiger partial charge is 0.347 e. The van der Waals surface area contributed by atoms with Gasteiger partial charge >= 0.3 is 11.8 Å². The average molecular weight is 423 g/mol. The first-order chi connectivity index (χ1) is 14.5. The molecule has 30 heavy (non-hydrogen) atoms. The summed E-state index contributed by atoms with van der Waals surface area (Å²) in [5.41, 5.74) is 3.06. The molecule has 0 aliphatic carbocycles. The number of carbonyl (C=O) groups excluding carboxylic acids is 2. The van der Waals surface area contributed by atoms with Crippen LogP contribution >= 0.6 is 11.3 Å². The van der Waals surface area contributed by atoms with Gasteiger partial charge in [0.1, 0.15) is 5.82 Å². The number of amides is 2. The smallest absolute Gasteiger partial charge is 0.313 e. The summed E-state index contributed by atoms with van der Waals surface area (Å²) in [6.07, 6.45) is 0.468. The monoisotopic (exact) mass is 423 g/mol. The van der Waals surface area contributed by atoms with Crippen LogP contribution in [-0.4, -0.2) is 33.0 Å². The number of anilines is 1. The predicted molar refractivity (Wildman–Crippen MR) is 113 cm³/mol. The van der Waals surface area contributed by atoms with Gasteiger partial charge in [0.25, 0.3) is 0 Å². The Kier molecular flexibility index (Phi) is 5.53. The van der Waals surface area contributed by atoms with Crippen LogP contribution in [0.15, 0.2) is 53.9 Å². The fraction of sp³-hybridized carbons (Fsp3) is 0.143. The fourth-order valence-corrected chi connectivity index (χ4v) is 3.71. The van der Waals surface area contributed by atoms with Crippen molar-refractivity contribution < 1.29 is 14.0 Å². The van der Waals surface area contributed by atoms with Crippen molar-refractivity contribution in [2.75, 3.05) is 11.9 Å². The van der Waals surface area contributed by atoms with Gasteiger partial charge in [-0.1, -0.05) is 29.8 Å². The number of hydrogen-bond acceptors (Lipinski definition) is 5. The van der Waals surface area contributed by atoms with E-state index in [1.54, 1.807) is 28.8 Å². The summed E-state index contributed by atoms with van der Waals surface area (Å²) >= 11 is 1.41. The highest BCUT2D eigenvalue weighted by atomic mass is 32.1. The van der Waals surface area contributed by atoms with Crippen LogP contribution in [0.5, 0.6) is 0 Å². The molecule has 0 radical (unpaired) electrons. The molecule has 0 aliphatic heterocycles. The Labute approximate surface area is 175 Å². The van der Waals surface area contributed by atoms with Gasteiger partial charge < -0.3 is 10.6 Å². The lowest BCUT2D eigenvalue weighted by atomic mass is 10.2. The molecule has 0 atom stereocenters. The Morgan fingerprint density at radius 1 is 1.13 bits per heavy atom. The maximum Gasteiger partial charge on any atom is 0.313 e. The first kappa shape index (κ1) is 19.7. The highest BCUT2D eigenvalue weighted by Crippen LogP contribution is 2.21. The van der Waals surface area contributed by atoms with Crippen LogP contribution in [0.2, 0.25) is 0 Å². The first-order valence-electron chi connectivity index (χ1n) is 9.24. The fourth-order valence-electron chi connectivity index (χ4n) is 2.86. The van der Waals surface area contributed by atoms with Gasteiger partial charge in [-0.05, 0) is 31.2 Å². The van der Waals surface area contributed by atoms with Gasteiger partial charge in [0.05, 0.1) is 5.69 Å². The number of halogens is 1. The number of carbonyl (C=O) groups is 2. The molecule has 0 aliphatic rings. The molecule has 4 rings (SSSR count). The van der Waals surface area contributed by atoms with E-state index in [0.717, 1.165) is 11.3 Å². The van der Waals surface area contributed by atoms with Crippen molar-refractivity contribution in [3.05, 3.63) is 71.0 Å². The molecule has 4 aromatic rings. The Morgan fingerprint density at radius 3 is 2.70 bits per heavy atom. The zero-order chi connectivity index (χ0) is 21.1. The van der Waals surface area contributed by atoms with Crippen LogP contribution < -0.4 is 10.6 Å². The minimum atomic E-state index is -0.719. The number of aryl methyl sites for hydroxylation is 1. The lowest BCUT2D eigenvalue weighted by molar-refractivity contribution is -0.136. The highest BCUT2D eigenvalue weighted by Gasteiger charge is 2.15. The SMILES string of the molecule is Cc1ccc(NC(=O)C(=O)NCCc2csc3nc(-c4cccc(F)c4)nn23)cc1. The molecule has 2 amide bonds. The van der Waals surface area contributed by atoms with E-state index < -0.39 is 11.8 Å². The number of benzene rings is 2. The average Bonchev–Trinajstić information content (AvgIpc) is 3.31. The van der Waals surface area contributed by atoms with Crippen LogP contribution in [0.4, 0.5) is 10.1 Å². The highest BCUT2D eigenvalue weighted by molar-refractivity contribution is 7.15. The topological polar surface area (TPSA) is 88.4 Å². The molecule has 2 aromatic heterocycles. The van der Waals surface area contributed by atoms with Crippen molar-refractivity contribution in [3.63, 3.8) is 0 Å². The van der Waals surface area contributed by atoms with Gasteiger partial charge in [0.2, 0.25) is 4.96 Å². The molecular formula is C21H18FN5O2S. The third-order valence-electron chi connectivity index (χ3n) is 4.42. The number of fused-ring (bicyclic) bond motifs is 1. The van der Waals surface area contributed by atoms with Gasteiger partial charge in [-0.15, -0.1) is 16.4 Å². The Hall–Kier alpha value is -3.59. The van der Waals surface area contributed by atoms with E-state index in [1.165, 1.54) is 23.5 Å². The van der Waals surface area contributed by atoms with Gasteiger partial charge in [-0.3, -0.25) is 9.59 Å². The maximum atomic E-state index is 13.4. The van der Waals surface area contributed by atoms with E-state index in [2.05, 4.69) is 20.7 Å². The summed E-state index contributed by atoms with van der Waals surface area (Å²) in [6.45, 7) is 2.21. The molecule has 0 fully saturated rings. The third-order valence-corrected chi connectivity index (χ3v) is 5.28.